The van der Waals surface area contributed by atoms with Gasteiger partial charge in [-0.3, -0.25) is 0 Å². The van der Waals surface area contributed by atoms with Gasteiger partial charge in [0, 0.05) is 13.1 Å². The zero-order chi connectivity index (χ0) is 6.53. The Balaban J connectivity index is 2.28. The van der Waals surface area contributed by atoms with Gasteiger partial charge in [-0.25, -0.2) is 0 Å². The fraction of sp³-hybridized carbons (Fsp3) is 0.375. The van der Waals surface area contributed by atoms with E-state index in [2.05, 4.69) is 42.8 Å². The smallest absolute Gasteiger partial charge is 0.0488 e. The number of rotatable bonds is 2. The average Bonchev–Trinajstić information content (AvgIpc) is 1.91. The molecule has 0 amide bonds. The first kappa shape index (κ1) is 6.40. The minimum absolute atomic E-state index is 1.03. The third-order valence-electron chi connectivity index (χ3n) is 1.26. The molecule has 0 unspecified atom stereocenters. The lowest BCUT2D eigenvalue weighted by Gasteiger charge is -2.18. The normalized spacial score (nSPS) is 16.8. The molecule has 0 aromatic carbocycles. The predicted molar refractivity (Wildman–Crippen MR) is 39.6 cm³/mol. The Kier molecular flexibility index (Phi) is 2.37. The number of hydrogen-bond donors (Lipinski definition) is 0. The van der Waals surface area contributed by atoms with Crippen molar-refractivity contribution in [3.63, 3.8) is 0 Å². The van der Waals surface area contributed by atoms with Gasteiger partial charge in [-0.2, -0.15) is 0 Å². The topological polar surface area (TPSA) is 3.24 Å². The first-order valence-corrected chi connectivity index (χ1v) is 3.36. The molecule has 1 aliphatic rings. The van der Waals surface area contributed by atoms with Gasteiger partial charge in [0.25, 0.3) is 0 Å². The van der Waals surface area contributed by atoms with Gasteiger partial charge in [0.05, 0.1) is 0 Å². The molecule has 1 nitrogen and oxygen atoms in total. The second-order valence-electron chi connectivity index (χ2n) is 2.06. The van der Waals surface area contributed by atoms with E-state index in [-0.39, 0.29) is 0 Å². The van der Waals surface area contributed by atoms with Crippen molar-refractivity contribution in [3.05, 3.63) is 31.0 Å². The standard InChI is InChI=1S/C8H12N/c1-2-6-9-7-4-3-5-8-9/h3-7H,2,8H2,1H3. The van der Waals surface area contributed by atoms with E-state index in [0.717, 1.165) is 13.0 Å². The van der Waals surface area contributed by atoms with Crippen LogP contribution in [0.3, 0.4) is 0 Å². The summed E-state index contributed by atoms with van der Waals surface area (Å²) in [4.78, 5) is 2.18. The highest BCUT2D eigenvalue weighted by Gasteiger charge is 1.95. The SMILES string of the molecule is CC[CH]N1C=CC=CC1. The summed E-state index contributed by atoms with van der Waals surface area (Å²) in [5, 5.41) is 0. The third-order valence-corrected chi connectivity index (χ3v) is 1.26. The Hall–Kier alpha value is -0.720. The van der Waals surface area contributed by atoms with Crippen molar-refractivity contribution in [2.45, 2.75) is 13.3 Å². The van der Waals surface area contributed by atoms with Crippen molar-refractivity contribution in [1.29, 1.82) is 0 Å². The minimum atomic E-state index is 1.03. The molecule has 0 saturated heterocycles. The Bertz CT molecular complexity index is 125. The first-order valence-electron chi connectivity index (χ1n) is 3.36. The molecule has 1 heteroatoms. The molecular weight excluding hydrogens is 110 g/mol. The Morgan fingerprint density at radius 3 is 3.00 bits per heavy atom. The van der Waals surface area contributed by atoms with E-state index in [1.807, 2.05) is 0 Å². The van der Waals surface area contributed by atoms with Crippen molar-refractivity contribution in [2.75, 3.05) is 6.54 Å². The molecular formula is C8H12N. The second kappa shape index (κ2) is 3.33. The first-order chi connectivity index (χ1) is 4.43. The van der Waals surface area contributed by atoms with E-state index in [9.17, 15) is 0 Å². The summed E-state index contributed by atoms with van der Waals surface area (Å²) in [6, 6.07) is 0. The van der Waals surface area contributed by atoms with Gasteiger partial charge < -0.3 is 4.90 Å². The molecule has 9 heavy (non-hydrogen) atoms. The van der Waals surface area contributed by atoms with Crippen molar-refractivity contribution in [1.82, 2.24) is 4.90 Å². The fourth-order valence-electron chi connectivity index (χ4n) is 0.852. The molecule has 0 atom stereocenters. The number of hydrogen-bond acceptors (Lipinski definition) is 1. The van der Waals surface area contributed by atoms with Crippen LogP contribution < -0.4 is 0 Å². The van der Waals surface area contributed by atoms with Crippen LogP contribution in [0.2, 0.25) is 0 Å². The molecule has 0 saturated carbocycles. The zero-order valence-corrected chi connectivity index (χ0v) is 5.75. The van der Waals surface area contributed by atoms with Crippen molar-refractivity contribution in [3.8, 4) is 0 Å². The highest BCUT2D eigenvalue weighted by atomic mass is 15.1. The fourth-order valence-corrected chi connectivity index (χ4v) is 0.852. The Morgan fingerprint density at radius 2 is 2.44 bits per heavy atom. The van der Waals surface area contributed by atoms with Crippen LogP contribution >= 0.6 is 0 Å². The maximum Gasteiger partial charge on any atom is 0.0488 e. The molecule has 0 aromatic heterocycles. The number of nitrogens with zero attached hydrogens (tertiary/aromatic N) is 1. The Labute approximate surface area is 56.7 Å². The van der Waals surface area contributed by atoms with Crippen LogP contribution in [0, 0.1) is 6.54 Å². The maximum atomic E-state index is 2.18. The lowest BCUT2D eigenvalue weighted by Crippen LogP contribution is -2.14. The van der Waals surface area contributed by atoms with Crippen molar-refractivity contribution < 1.29 is 0 Å². The average molecular weight is 122 g/mol. The molecule has 0 aromatic rings. The van der Waals surface area contributed by atoms with Crippen LogP contribution in [0.25, 0.3) is 0 Å². The third kappa shape index (κ3) is 1.92. The van der Waals surface area contributed by atoms with Gasteiger partial charge in [-0.15, -0.1) is 0 Å². The number of allylic oxidation sites excluding steroid dienone is 2. The molecule has 49 valence electrons. The van der Waals surface area contributed by atoms with Gasteiger partial charge >= 0.3 is 0 Å². The van der Waals surface area contributed by atoms with E-state index >= 15 is 0 Å². The quantitative estimate of drug-likeness (QED) is 0.541. The van der Waals surface area contributed by atoms with E-state index < -0.39 is 0 Å². The van der Waals surface area contributed by atoms with Crippen LogP contribution in [0.5, 0.6) is 0 Å². The summed E-state index contributed by atoms with van der Waals surface area (Å²) in [5.41, 5.74) is 0. The maximum absolute atomic E-state index is 2.18. The van der Waals surface area contributed by atoms with E-state index in [1.165, 1.54) is 0 Å². The lowest BCUT2D eigenvalue weighted by molar-refractivity contribution is 0.484. The molecule has 1 heterocycles. The van der Waals surface area contributed by atoms with Gasteiger partial charge in [-0.1, -0.05) is 19.1 Å². The van der Waals surface area contributed by atoms with E-state index in [4.69, 9.17) is 0 Å². The molecule has 0 fully saturated rings. The largest absolute Gasteiger partial charge is 0.369 e. The van der Waals surface area contributed by atoms with Gasteiger partial charge in [-0.05, 0) is 18.7 Å². The summed E-state index contributed by atoms with van der Waals surface area (Å²) in [5.74, 6) is 0. The summed E-state index contributed by atoms with van der Waals surface area (Å²) < 4.78 is 0. The monoisotopic (exact) mass is 122 g/mol. The molecule has 1 aliphatic heterocycles. The second-order valence-corrected chi connectivity index (χ2v) is 2.06. The van der Waals surface area contributed by atoms with Gasteiger partial charge in [0.15, 0.2) is 0 Å². The van der Waals surface area contributed by atoms with Crippen LogP contribution in [-0.4, -0.2) is 11.4 Å². The predicted octanol–water partition coefficient (Wildman–Crippen LogP) is 1.94. The van der Waals surface area contributed by atoms with Gasteiger partial charge in [0.2, 0.25) is 0 Å². The van der Waals surface area contributed by atoms with Crippen LogP contribution in [0.15, 0.2) is 24.4 Å². The molecule has 0 aliphatic carbocycles. The molecule has 0 spiro atoms. The van der Waals surface area contributed by atoms with E-state index in [0.29, 0.717) is 0 Å². The van der Waals surface area contributed by atoms with Crippen LogP contribution in [0.1, 0.15) is 13.3 Å². The zero-order valence-electron chi connectivity index (χ0n) is 5.75. The molecule has 0 bridgehead atoms. The summed E-state index contributed by atoms with van der Waals surface area (Å²) in [6.07, 6.45) is 9.46. The summed E-state index contributed by atoms with van der Waals surface area (Å²) in [7, 11) is 0. The van der Waals surface area contributed by atoms with Crippen LogP contribution in [-0.2, 0) is 0 Å². The highest BCUT2D eigenvalue weighted by Crippen LogP contribution is 2.02. The molecule has 0 N–H and O–H groups in total. The van der Waals surface area contributed by atoms with Crippen LogP contribution in [0.4, 0.5) is 0 Å². The summed E-state index contributed by atoms with van der Waals surface area (Å²) >= 11 is 0. The van der Waals surface area contributed by atoms with E-state index in [1.54, 1.807) is 0 Å². The Morgan fingerprint density at radius 1 is 1.56 bits per heavy atom. The summed E-state index contributed by atoms with van der Waals surface area (Å²) in [6.45, 7) is 5.36. The molecule has 1 rings (SSSR count). The lowest BCUT2D eigenvalue weighted by atomic mass is 10.3. The van der Waals surface area contributed by atoms with Crippen molar-refractivity contribution in [2.24, 2.45) is 0 Å². The highest BCUT2D eigenvalue weighted by molar-refractivity contribution is 5.09. The van der Waals surface area contributed by atoms with Crippen molar-refractivity contribution >= 4 is 0 Å². The molecule has 1 radical (unpaired) electrons. The van der Waals surface area contributed by atoms with Gasteiger partial charge in [0.1, 0.15) is 0 Å². The minimum Gasteiger partial charge on any atom is -0.369 e.